The minimum absolute atomic E-state index is 0.139. The standard InChI is InChI=1S/C21H29FN2O2/c22-18-6-4-16(5-7-18)19(23-12-2-1-3-13-23)20(25)24-14-8-17(9-15-24)21(26)10-11-21/h4-7,17,19,26H,1-3,8-15H2. The van der Waals surface area contributed by atoms with E-state index >= 15 is 0 Å². The summed E-state index contributed by atoms with van der Waals surface area (Å²) in [6.07, 6.45) is 7.04. The van der Waals surface area contributed by atoms with Crippen LogP contribution in [-0.4, -0.2) is 52.6 Å². The van der Waals surface area contributed by atoms with Gasteiger partial charge in [-0.1, -0.05) is 18.6 Å². The molecular formula is C21H29FN2O2. The summed E-state index contributed by atoms with van der Waals surface area (Å²) in [5.74, 6) is 0.211. The lowest BCUT2D eigenvalue weighted by molar-refractivity contribution is -0.140. The molecule has 4 nitrogen and oxygen atoms in total. The van der Waals surface area contributed by atoms with Crippen molar-refractivity contribution in [1.82, 2.24) is 9.80 Å². The lowest BCUT2D eigenvalue weighted by Gasteiger charge is -2.40. The Morgan fingerprint density at radius 3 is 2.23 bits per heavy atom. The lowest BCUT2D eigenvalue weighted by Crippen LogP contribution is -2.48. The second-order valence-electron chi connectivity index (χ2n) is 8.25. The number of halogens is 1. The number of amides is 1. The highest BCUT2D eigenvalue weighted by Gasteiger charge is 2.48. The topological polar surface area (TPSA) is 43.8 Å². The van der Waals surface area contributed by atoms with Crippen LogP contribution < -0.4 is 0 Å². The van der Waals surface area contributed by atoms with Crippen molar-refractivity contribution < 1.29 is 14.3 Å². The smallest absolute Gasteiger partial charge is 0.244 e. The van der Waals surface area contributed by atoms with Crippen molar-refractivity contribution in [3.8, 4) is 0 Å². The predicted molar refractivity (Wildman–Crippen MR) is 98.1 cm³/mol. The summed E-state index contributed by atoms with van der Waals surface area (Å²) >= 11 is 0. The van der Waals surface area contributed by atoms with Crippen LogP contribution in [0, 0.1) is 11.7 Å². The third kappa shape index (κ3) is 3.65. The summed E-state index contributed by atoms with van der Waals surface area (Å²) in [4.78, 5) is 17.6. The Morgan fingerprint density at radius 1 is 1.04 bits per heavy atom. The number of rotatable bonds is 4. The van der Waals surface area contributed by atoms with Crippen LogP contribution in [0.15, 0.2) is 24.3 Å². The summed E-state index contributed by atoms with van der Waals surface area (Å²) in [5.41, 5.74) is 0.444. The van der Waals surface area contributed by atoms with Crippen molar-refractivity contribution in [2.45, 2.75) is 56.6 Å². The molecule has 5 heteroatoms. The van der Waals surface area contributed by atoms with E-state index in [9.17, 15) is 14.3 Å². The second-order valence-corrected chi connectivity index (χ2v) is 8.25. The number of carbonyl (C=O) groups excluding carboxylic acids is 1. The van der Waals surface area contributed by atoms with Gasteiger partial charge in [0.15, 0.2) is 0 Å². The molecule has 26 heavy (non-hydrogen) atoms. The Labute approximate surface area is 155 Å². The molecule has 1 aliphatic carbocycles. The lowest BCUT2D eigenvalue weighted by atomic mass is 9.88. The average molecular weight is 360 g/mol. The van der Waals surface area contributed by atoms with Gasteiger partial charge >= 0.3 is 0 Å². The SMILES string of the molecule is O=C(C(c1ccc(F)cc1)N1CCCCC1)N1CCC(C2(O)CC2)CC1. The van der Waals surface area contributed by atoms with Gasteiger partial charge in [0.25, 0.3) is 0 Å². The normalized spacial score (nSPS) is 25.1. The van der Waals surface area contributed by atoms with Crippen molar-refractivity contribution in [3.63, 3.8) is 0 Å². The Kier molecular flexibility index (Phi) is 5.02. The molecule has 142 valence electrons. The fourth-order valence-electron chi connectivity index (χ4n) is 4.68. The third-order valence-corrected chi connectivity index (χ3v) is 6.50. The number of aliphatic hydroxyl groups is 1. The van der Waals surface area contributed by atoms with E-state index in [2.05, 4.69) is 4.90 Å². The number of benzene rings is 1. The molecule has 1 unspecified atom stereocenters. The van der Waals surface area contributed by atoms with Gasteiger partial charge in [-0.3, -0.25) is 9.69 Å². The largest absolute Gasteiger partial charge is 0.390 e. The quantitative estimate of drug-likeness (QED) is 0.897. The highest BCUT2D eigenvalue weighted by atomic mass is 19.1. The van der Waals surface area contributed by atoms with Crippen LogP contribution in [-0.2, 0) is 4.79 Å². The summed E-state index contributed by atoms with van der Waals surface area (Å²) in [6, 6.07) is 6.11. The van der Waals surface area contributed by atoms with Gasteiger partial charge in [-0.15, -0.1) is 0 Å². The van der Waals surface area contributed by atoms with Crippen LogP contribution in [0.3, 0.4) is 0 Å². The van der Waals surface area contributed by atoms with E-state index in [1.165, 1.54) is 18.6 Å². The minimum atomic E-state index is -0.446. The Balaban J connectivity index is 1.49. The van der Waals surface area contributed by atoms with Crippen LogP contribution in [0.25, 0.3) is 0 Å². The maximum absolute atomic E-state index is 13.4. The molecule has 2 saturated heterocycles. The molecule has 1 aromatic rings. The molecule has 4 rings (SSSR count). The molecule has 0 aromatic heterocycles. The van der Waals surface area contributed by atoms with Crippen LogP contribution in [0.5, 0.6) is 0 Å². The number of piperidine rings is 2. The van der Waals surface area contributed by atoms with Gasteiger partial charge in [0.05, 0.1) is 5.60 Å². The van der Waals surface area contributed by atoms with E-state index in [1.807, 2.05) is 4.90 Å². The van der Waals surface area contributed by atoms with E-state index in [1.54, 1.807) is 12.1 Å². The van der Waals surface area contributed by atoms with Crippen LogP contribution in [0.1, 0.15) is 56.6 Å². The zero-order valence-corrected chi connectivity index (χ0v) is 15.4. The number of hydrogen-bond donors (Lipinski definition) is 1. The van der Waals surface area contributed by atoms with E-state index in [0.717, 1.165) is 70.3 Å². The van der Waals surface area contributed by atoms with E-state index in [0.29, 0.717) is 5.92 Å². The summed E-state index contributed by atoms with van der Waals surface area (Å²) in [5, 5.41) is 10.3. The van der Waals surface area contributed by atoms with Gasteiger partial charge in [0.1, 0.15) is 11.9 Å². The molecule has 2 heterocycles. The molecule has 1 atom stereocenters. The molecule has 2 aliphatic heterocycles. The van der Waals surface area contributed by atoms with Crippen LogP contribution >= 0.6 is 0 Å². The van der Waals surface area contributed by atoms with E-state index in [-0.39, 0.29) is 17.8 Å². The molecule has 3 aliphatic rings. The fourth-order valence-corrected chi connectivity index (χ4v) is 4.68. The van der Waals surface area contributed by atoms with Gasteiger partial charge in [0.2, 0.25) is 5.91 Å². The molecule has 1 aromatic carbocycles. The first kappa shape index (κ1) is 17.9. The predicted octanol–water partition coefficient (Wildman–Crippen LogP) is 3.12. The maximum Gasteiger partial charge on any atom is 0.244 e. The Morgan fingerprint density at radius 2 is 1.65 bits per heavy atom. The number of nitrogens with zero attached hydrogens (tertiary/aromatic N) is 2. The van der Waals surface area contributed by atoms with Crippen molar-refractivity contribution >= 4 is 5.91 Å². The first-order valence-electron chi connectivity index (χ1n) is 10.1. The monoisotopic (exact) mass is 360 g/mol. The molecule has 0 radical (unpaired) electrons. The minimum Gasteiger partial charge on any atom is -0.390 e. The van der Waals surface area contributed by atoms with Crippen molar-refractivity contribution in [1.29, 1.82) is 0 Å². The van der Waals surface area contributed by atoms with Gasteiger partial charge in [-0.2, -0.15) is 0 Å². The first-order chi connectivity index (χ1) is 12.6. The zero-order valence-electron chi connectivity index (χ0n) is 15.4. The van der Waals surface area contributed by atoms with Crippen LogP contribution in [0.2, 0.25) is 0 Å². The van der Waals surface area contributed by atoms with Gasteiger partial charge in [0, 0.05) is 13.1 Å². The molecule has 1 saturated carbocycles. The highest BCUT2D eigenvalue weighted by molar-refractivity contribution is 5.83. The van der Waals surface area contributed by atoms with E-state index < -0.39 is 5.60 Å². The fraction of sp³-hybridized carbons (Fsp3) is 0.667. The van der Waals surface area contributed by atoms with E-state index in [4.69, 9.17) is 0 Å². The molecule has 3 fully saturated rings. The second kappa shape index (κ2) is 7.28. The molecule has 1 N–H and O–H groups in total. The van der Waals surface area contributed by atoms with Gasteiger partial charge < -0.3 is 10.0 Å². The molecule has 1 amide bonds. The molecule has 0 spiro atoms. The Bertz CT molecular complexity index is 630. The van der Waals surface area contributed by atoms with Crippen molar-refractivity contribution in [2.75, 3.05) is 26.2 Å². The Hall–Kier alpha value is -1.46. The molecule has 0 bridgehead atoms. The van der Waals surface area contributed by atoms with Crippen LogP contribution in [0.4, 0.5) is 4.39 Å². The van der Waals surface area contributed by atoms with Gasteiger partial charge in [-0.05, 0) is 75.2 Å². The number of carbonyl (C=O) groups is 1. The third-order valence-electron chi connectivity index (χ3n) is 6.50. The van der Waals surface area contributed by atoms with Crippen molar-refractivity contribution in [3.05, 3.63) is 35.6 Å². The summed E-state index contributed by atoms with van der Waals surface area (Å²) in [7, 11) is 0. The first-order valence-corrected chi connectivity index (χ1v) is 10.1. The average Bonchev–Trinajstić information content (AvgIpc) is 3.43. The van der Waals surface area contributed by atoms with Gasteiger partial charge in [-0.25, -0.2) is 4.39 Å². The zero-order chi connectivity index (χ0) is 18.1. The summed E-state index contributed by atoms with van der Waals surface area (Å²) in [6.45, 7) is 3.28. The highest BCUT2D eigenvalue weighted by Crippen LogP contribution is 2.46. The summed E-state index contributed by atoms with van der Waals surface area (Å²) < 4.78 is 13.4. The number of likely N-dealkylation sites (tertiary alicyclic amines) is 2. The van der Waals surface area contributed by atoms with Crippen molar-refractivity contribution in [2.24, 2.45) is 5.92 Å². The molecular weight excluding hydrogens is 331 g/mol. The number of hydrogen-bond acceptors (Lipinski definition) is 3. The maximum atomic E-state index is 13.4.